The van der Waals surface area contributed by atoms with Gasteiger partial charge in [0.05, 0.1) is 0 Å². The molecule has 3 aromatic carbocycles. The zero-order valence-corrected chi connectivity index (χ0v) is 12.4. The molecule has 0 aliphatic rings. The zero-order valence-electron chi connectivity index (χ0n) is 12.4. The number of halogens is 1. The highest BCUT2D eigenvalue weighted by Gasteiger charge is 2.10. The number of hydrogen-bond donors (Lipinski definition) is 1. The fourth-order valence-corrected chi connectivity index (χ4v) is 2.43. The molecule has 0 saturated heterocycles. The molecule has 0 aromatic heterocycles. The molecule has 23 heavy (non-hydrogen) atoms. The first-order valence-corrected chi connectivity index (χ1v) is 7.27. The van der Waals surface area contributed by atoms with E-state index in [1.54, 1.807) is 24.3 Å². The second-order valence-electron chi connectivity index (χ2n) is 5.01. The molecule has 0 fully saturated rings. The van der Waals surface area contributed by atoms with E-state index in [1.807, 2.05) is 30.3 Å². The van der Waals surface area contributed by atoms with Gasteiger partial charge in [-0.3, -0.25) is 0 Å². The lowest BCUT2D eigenvalue weighted by atomic mass is 10.0. The van der Waals surface area contributed by atoms with E-state index in [4.69, 9.17) is 9.84 Å². The first-order chi connectivity index (χ1) is 11.3. The molecule has 0 heterocycles. The van der Waals surface area contributed by atoms with Crippen LogP contribution in [0.15, 0.2) is 60.7 Å². The minimum absolute atomic E-state index is 0.244. The summed E-state index contributed by atoms with van der Waals surface area (Å²) in [6.45, 7) is 0.148. The van der Waals surface area contributed by atoms with Crippen molar-refractivity contribution in [3.8, 4) is 17.6 Å². The van der Waals surface area contributed by atoms with Gasteiger partial charge in [0.2, 0.25) is 0 Å². The van der Waals surface area contributed by atoms with Crippen molar-refractivity contribution < 1.29 is 14.2 Å². The smallest absolute Gasteiger partial charge is 0.131 e. The highest BCUT2D eigenvalue weighted by molar-refractivity contribution is 5.94. The second-order valence-corrected chi connectivity index (χ2v) is 5.01. The molecule has 1 N–H and O–H groups in total. The van der Waals surface area contributed by atoms with Gasteiger partial charge in [-0.25, -0.2) is 4.39 Å². The topological polar surface area (TPSA) is 29.5 Å². The van der Waals surface area contributed by atoms with Gasteiger partial charge >= 0.3 is 0 Å². The lowest BCUT2D eigenvalue weighted by Gasteiger charge is -2.11. The third kappa shape index (κ3) is 3.33. The standard InChI is InChI=1S/C20H15FO2/c21-18-11-12-19(23-14-15-6-2-1-3-7-15)20-16(9-5-13-22)8-4-10-17(18)20/h1-4,6-8,10-12,22H,13-14H2. The number of aliphatic hydroxyl groups excluding tert-OH is 1. The van der Waals surface area contributed by atoms with Crippen molar-refractivity contribution in [3.05, 3.63) is 77.6 Å². The molecule has 0 bridgehead atoms. The Morgan fingerprint density at radius 3 is 2.57 bits per heavy atom. The molecule has 0 aliphatic heterocycles. The van der Waals surface area contributed by atoms with Gasteiger partial charge in [0.25, 0.3) is 0 Å². The second kappa shape index (κ2) is 6.95. The molecule has 3 rings (SSSR count). The summed E-state index contributed by atoms with van der Waals surface area (Å²) < 4.78 is 20.0. The number of rotatable bonds is 3. The number of benzene rings is 3. The summed E-state index contributed by atoms with van der Waals surface area (Å²) in [5.41, 5.74) is 1.67. The average Bonchev–Trinajstić information content (AvgIpc) is 2.60. The third-order valence-electron chi connectivity index (χ3n) is 3.49. The largest absolute Gasteiger partial charge is 0.488 e. The van der Waals surface area contributed by atoms with Crippen LogP contribution in [-0.2, 0) is 6.61 Å². The Labute approximate surface area is 134 Å². The Kier molecular flexibility index (Phi) is 4.56. The van der Waals surface area contributed by atoms with Crippen molar-refractivity contribution in [2.45, 2.75) is 6.61 Å². The van der Waals surface area contributed by atoms with Crippen molar-refractivity contribution >= 4 is 10.8 Å². The quantitative estimate of drug-likeness (QED) is 0.744. The lowest BCUT2D eigenvalue weighted by molar-refractivity contribution is 0.309. The molecule has 0 saturated carbocycles. The Bertz CT molecular complexity index is 877. The van der Waals surface area contributed by atoms with E-state index in [0.717, 1.165) is 5.56 Å². The van der Waals surface area contributed by atoms with E-state index in [-0.39, 0.29) is 12.4 Å². The van der Waals surface area contributed by atoms with Crippen molar-refractivity contribution in [3.63, 3.8) is 0 Å². The van der Waals surface area contributed by atoms with Crippen molar-refractivity contribution in [2.75, 3.05) is 6.61 Å². The van der Waals surface area contributed by atoms with Crippen LogP contribution < -0.4 is 4.74 Å². The van der Waals surface area contributed by atoms with Crippen molar-refractivity contribution in [1.82, 2.24) is 0 Å². The van der Waals surface area contributed by atoms with Gasteiger partial charge in [-0.1, -0.05) is 54.3 Å². The summed E-state index contributed by atoms with van der Waals surface area (Å²) in [5.74, 6) is 5.72. The Morgan fingerprint density at radius 2 is 1.78 bits per heavy atom. The molecule has 3 aromatic rings. The van der Waals surface area contributed by atoms with Crippen LogP contribution in [0.4, 0.5) is 4.39 Å². The molecule has 0 unspecified atom stereocenters. The van der Waals surface area contributed by atoms with Gasteiger partial charge in [0, 0.05) is 16.3 Å². The van der Waals surface area contributed by atoms with Crippen molar-refractivity contribution in [1.29, 1.82) is 0 Å². The highest BCUT2D eigenvalue weighted by atomic mass is 19.1. The summed E-state index contributed by atoms with van der Waals surface area (Å²) >= 11 is 0. The number of fused-ring (bicyclic) bond motifs is 1. The van der Waals surface area contributed by atoms with Crippen LogP contribution >= 0.6 is 0 Å². The summed E-state index contributed by atoms with van der Waals surface area (Å²) in [7, 11) is 0. The lowest BCUT2D eigenvalue weighted by Crippen LogP contribution is -1.97. The monoisotopic (exact) mass is 306 g/mol. The average molecular weight is 306 g/mol. The normalized spacial score (nSPS) is 10.2. The van der Waals surface area contributed by atoms with E-state index in [2.05, 4.69) is 11.8 Å². The molecular weight excluding hydrogens is 291 g/mol. The summed E-state index contributed by atoms with van der Waals surface area (Å²) in [5, 5.41) is 9.98. The van der Waals surface area contributed by atoms with Gasteiger partial charge in [0.1, 0.15) is 24.8 Å². The fourth-order valence-electron chi connectivity index (χ4n) is 2.43. The van der Waals surface area contributed by atoms with Crippen LogP contribution in [-0.4, -0.2) is 11.7 Å². The Morgan fingerprint density at radius 1 is 0.957 bits per heavy atom. The van der Waals surface area contributed by atoms with E-state index in [0.29, 0.717) is 28.7 Å². The van der Waals surface area contributed by atoms with Gasteiger partial charge in [0.15, 0.2) is 0 Å². The number of ether oxygens (including phenoxy) is 1. The maximum absolute atomic E-state index is 14.1. The molecule has 0 atom stereocenters. The molecule has 3 heteroatoms. The van der Waals surface area contributed by atoms with Crippen LogP contribution in [0.2, 0.25) is 0 Å². The maximum Gasteiger partial charge on any atom is 0.131 e. The first kappa shape index (κ1) is 15.1. The predicted octanol–water partition coefficient (Wildman–Crippen LogP) is 3.90. The van der Waals surface area contributed by atoms with Crippen LogP contribution in [0.3, 0.4) is 0 Å². The molecule has 0 radical (unpaired) electrons. The van der Waals surface area contributed by atoms with E-state index < -0.39 is 0 Å². The van der Waals surface area contributed by atoms with Crippen LogP contribution in [0.25, 0.3) is 10.8 Å². The fraction of sp³-hybridized carbons (Fsp3) is 0.100. The third-order valence-corrected chi connectivity index (χ3v) is 3.49. The first-order valence-electron chi connectivity index (χ1n) is 7.27. The maximum atomic E-state index is 14.1. The van der Waals surface area contributed by atoms with Crippen LogP contribution in [0.5, 0.6) is 5.75 Å². The van der Waals surface area contributed by atoms with Gasteiger partial charge in [-0.15, -0.1) is 0 Å². The van der Waals surface area contributed by atoms with Gasteiger partial charge < -0.3 is 9.84 Å². The predicted molar refractivity (Wildman–Crippen MR) is 88.6 cm³/mol. The molecule has 0 aliphatic carbocycles. The van der Waals surface area contributed by atoms with Crippen molar-refractivity contribution in [2.24, 2.45) is 0 Å². The molecule has 0 spiro atoms. The molecular formula is C20H15FO2. The zero-order chi connectivity index (χ0) is 16.1. The van der Waals surface area contributed by atoms with E-state index in [9.17, 15) is 4.39 Å². The van der Waals surface area contributed by atoms with Gasteiger partial charge in [-0.05, 0) is 23.8 Å². The number of aliphatic hydroxyl groups is 1. The minimum Gasteiger partial charge on any atom is -0.488 e. The Balaban J connectivity index is 2.04. The molecule has 2 nitrogen and oxygen atoms in total. The van der Waals surface area contributed by atoms with Crippen LogP contribution in [0.1, 0.15) is 11.1 Å². The minimum atomic E-state index is -0.320. The SMILES string of the molecule is OCC#Cc1cccc2c(F)ccc(OCc3ccccc3)c12. The molecule has 114 valence electrons. The summed E-state index contributed by atoms with van der Waals surface area (Å²) in [4.78, 5) is 0. The summed E-state index contributed by atoms with van der Waals surface area (Å²) in [6.07, 6.45) is 0. The Hall–Kier alpha value is -2.83. The van der Waals surface area contributed by atoms with Crippen LogP contribution in [0, 0.1) is 17.7 Å². The van der Waals surface area contributed by atoms with E-state index >= 15 is 0 Å². The number of hydrogen-bond acceptors (Lipinski definition) is 2. The molecule has 0 amide bonds. The highest BCUT2D eigenvalue weighted by Crippen LogP contribution is 2.31. The van der Waals surface area contributed by atoms with E-state index in [1.165, 1.54) is 6.07 Å². The summed E-state index contributed by atoms with van der Waals surface area (Å²) in [6, 6.07) is 18.0. The van der Waals surface area contributed by atoms with Gasteiger partial charge in [-0.2, -0.15) is 0 Å².